The molecule has 82 heavy (non-hydrogen) atoms. The minimum absolute atomic E-state index is 0.206. The Morgan fingerprint density at radius 2 is 0.622 bits per heavy atom. The zero-order chi connectivity index (χ0) is 55.3. The molecule has 4 heterocycles. The highest BCUT2D eigenvalue weighted by molar-refractivity contribution is 7.02. The summed E-state index contributed by atoms with van der Waals surface area (Å²) in [5.74, 6) is 3.49. The number of hydrogen-bond donors (Lipinski definition) is 0. The van der Waals surface area contributed by atoms with Gasteiger partial charge in [-0.15, -0.1) is 0 Å². The molecule has 0 fully saturated rings. The maximum absolute atomic E-state index is 7.84. The van der Waals surface area contributed by atoms with E-state index in [1.165, 1.54) is 99.7 Å². The number of hydrogen-bond acceptors (Lipinski definition) is 4. The van der Waals surface area contributed by atoms with Crippen LogP contribution in [0.25, 0.3) is 44.5 Å². The molecule has 11 aromatic carbocycles. The second kappa shape index (κ2) is 19.8. The van der Waals surface area contributed by atoms with Gasteiger partial charge in [0.1, 0.15) is 23.0 Å². The normalized spacial score (nSPS) is 13.0. The summed E-state index contributed by atoms with van der Waals surface area (Å²) in [7, 11) is 0. The molecule has 0 bridgehead atoms. The van der Waals surface area contributed by atoms with E-state index < -0.39 is 0 Å². The van der Waals surface area contributed by atoms with Crippen molar-refractivity contribution in [2.45, 2.75) is 67.2 Å². The molecule has 4 nitrogen and oxygen atoms in total. The third kappa shape index (κ3) is 8.21. The first-order chi connectivity index (χ1) is 40.2. The molecule has 0 spiro atoms. The second-order valence-electron chi connectivity index (χ2n) is 23.3. The Balaban J connectivity index is 1.06. The zero-order valence-electron chi connectivity index (χ0n) is 47.5. The molecule has 0 aliphatic carbocycles. The van der Waals surface area contributed by atoms with Crippen molar-refractivity contribution in [3.8, 4) is 67.5 Å². The van der Waals surface area contributed by atoms with Gasteiger partial charge in [-0.2, -0.15) is 0 Å². The van der Waals surface area contributed by atoms with Crippen LogP contribution >= 0.6 is 0 Å². The molecule has 4 aliphatic rings. The smallest absolute Gasteiger partial charge is 0.256 e. The average molecular weight is 1060 g/mol. The number of benzene rings is 11. The van der Waals surface area contributed by atoms with E-state index >= 15 is 0 Å². The molecule has 4 aliphatic heterocycles. The lowest BCUT2D eigenvalue weighted by Gasteiger charge is -2.47. The molecule has 0 atom stereocenters. The summed E-state index contributed by atoms with van der Waals surface area (Å²) in [6, 6.07) is 82.3. The Kier molecular flexibility index (Phi) is 12.0. The van der Waals surface area contributed by atoms with Crippen molar-refractivity contribution in [2.75, 3.05) is 9.80 Å². The second-order valence-corrected chi connectivity index (χ2v) is 23.3. The number of nitrogens with zero attached hydrogens (tertiary/aromatic N) is 2. The van der Waals surface area contributed by atoms with Gasteiger partial charge in [-0.3, -0.25) is 0 Å². The minimum Gasteiger partial charge on any atom is -0.456 e. The lowest BCUT2D eigenvalue weighted by molar-refractivity contribution is 0.477. The molecule has 0 unspecified atom stereocenters. The lowest BCUT2D eigenvalue weighted by atomic mass is 9.31. The molecule has 0 N–H and O–H groups in total. The number of rotatable bonds is 10. The Hall–Kier alpha value is -9.25. The van der Waals surface area contributed by atoms with Crippen molar-refractivity contribution in [3.63, 3.8) is 0 Å². The van der Waals surface area contributed by atoms with Gasteiger partial charge in [0.15, 0.2) is 0 Å². The van der Waals surface area contributed by atoms with Gasteiger partial charge in [-0.05, 0) is 167 Å². The van der Waals surface area contributed by atoms with Crippen LogP contribution in [0.2, 0.25) is 0 Å². The molecule has 6 heteroatoms. The fourth-order valence-electron chi connectivity index (χ4n) is 13.5. The molecule has 0 saturated heterocycles. The van der Waals surface area contributed by atoms with Gasteiger partial charge in [0.2, 0.25) is 0 Å². The van der Waals surface area contributed by atoms with Crippen LogP contribution in [0.1, 0.15) is 60.1 Å². The van der Waals surface area contributed by atoms with Gasteiger partial charge >= 0.3 is 0 Å². The van der Waals surface area contributed by atoms with Crippen LogP contribution in [0.5, 0.6) is 23.0 Å². The standard InChI is InChI=1S/C76H62B2N2O2/c1-7-9-51-19-41-69-65(43-51)77-63-45-59(57-25-15-49(5)16-26-57)33-39-67(63)79(61-35-29-55(30-36-61)53-21-11-47(3)12-22-53)73-71(77)75(81-69)74-72-76(73)82-70-42-20-52(10-8-2)44-66(70)78(72)64-46-60(58-27-17-50(6)18-28-58)34-40-68(64)80(74)62-37-31-56(32-38-62)54-23-13-48(4)14-24-54/h11-46H,7-10H2,1-6H3. The zero-order valence-corrected chi connectivity index (χ0v) is 47.5. The van der Waals surface area contributed by atoms with Crippen LogP contribution in [-0.4, -0.2) is 13.4 Å². The summed E-state index contributed by atoms with van der Waals surface area (Å²) < 4.78 is 15.7. The van der Waals surface area contributed by atoms with Crippen molar-refractivity contribution in [1.29, 1.82) is 0 Å². The SMILES string of the molecule is CCCc1ccc2c(c1)B1c3cc(-c4ccc(C)cc4)ccc3N(c3ccc(-c4ccc(C)cc4)cc3)c3c4c5c(c(c31)O2)N(c1ccc(-c2ccc(C)cc2)cc1)c1ccc(-c2ccc(C)cc2)cc1B5c1cc(CCC)ccc1O4. The number of fused-ring (bicyclic) bond motifs is 10. The summed E-state index contributed by atoms with van der Waals surface area (Å²) >= 11 is 0. The molecule has 15 rings (SSSR count). The molecular formula is C76H62B2N2O2. The van der Waals surface area contributed by atoms with Gasteiger partial charge in [0.25, 0.3) is 13.4 Å². The van der Waals surface area contributed by atoms with E-state index in [0.29, 0.717) is 0 Å². The van der Waals surface area contributed by atoms with Crippen LogP contribution < -0.4 is 52.1 Å². The van der Waals surface area contributed by atoms with Gasteiger partial charge in [-0.1, -0.05) is 219 Å². The third-order valence-corrected chi connectivity index (χ3v) is 17.7. The van der Waals surface area contributed by atoms with Crippen molar-refractivity contribution in [1.82, 2.24) is 0 Å². The maximum atomic E-state index is 7.84. The maximum Gasteiger partial charge on any atom is 0.256 e. The summed E-state index contributed by atoms with van der Waals surface area (Å²) in [6.07, 6.45) is 4.03. The van der Waals surface area contributed by atoms with Crippen molar-refractivity contribution < 1.29 is 9.47 Å². The first-order valence-corrected chi connectivity index (χ1v) is 29.4. The van der Waals surface area contributed by atoms with Gasteiger partial charge in [0, 0.05) is 33.7 Å². The molecule has 0 saturated carbocycles. The number of anilines is 6. The molecule has 11 aromatic rings. The Labute approximate surface area is 483 Å². The number of aryl methyl sites for hydroxylation is 6. The summed E-state index contributed by atoms with van der Waals surface area (Å²) in [6.45, 7) is 12.7. The summed E-state index contributed by atoms with van der Waals surface area (Å²) in [4.78, 5) is 5.02. The third-order valence-electron chi connectivity index (χ3n) is 17.7. The highest BCUT2D eigenvalue weighted by Crippen LogP contribution is 2.54. The van der Waals surface area contributed by atoms with E-state index in [1.54, 1.807) is 0 Å². The molecule has 0 aromatic heterocycles. The Bertz CT molecular complexity index is 4040. The highest BCUT2D eigenvalue weighted by Gasteiger charge is 2.52. The highest BCUT2D eigenvalue weighted by atomic mass is 16.5. The first-order valence-electron chi connectivity index (χ1n) is 29.4. The Morgan fingerprint density at radius 3 is 0.951 bits per heavy atom. The molecule has 394 valence electrons. The predicted molar refractivity (Wildman–Crippen MR) is 347 cm³/mol. The lowest BCUT2D eigenvalue weighted by Crippen LogP contribution is -2.64. The van der Waals surface area contributed by atoms with E-state index in [9.17, 15) is 0 Å². The van der Waals surface area contributed by atoms with Crippen LogP contribution in [0.4, 0.5) is 34.1 Å². The molecule has 0 amide bonds. The Morgan fingerprint density at radius 1 is 0.317 bits per heavy atom. The van der Waals surface area contributed by atoms with E-state index in [2.05, 4.69) is 270 Å². The fourth-order valence-corrected chi connectivity index (χ4v) is 13.5. The molecule has 0 radical (unpaired) electrons. The van der Waals surface area contributed by atoms with Crippen molar-refractivity contribution in [3.05, 3.63) is 252 Å². The van der Waals surface area contributed by atoms with Crippen LogP contribution in [-0.2, 0) is 12.8 Å². The minimum atomic E-state index is -0.206. The predicted octanol–water partition coefficient (Wildman–Crippen LogP) is 16.3. The van der Waals surface area contributed by atoms with E-state index in [0.717, 1.165) is 93.7 Å². The van der Waals surface area contributed by atoms with Crippen LogP contribution in [0.15, 0.2) is 218 Å². The van der Waals surface area contributed by atoms with Gasteiger partial charge in [0.05, 0.1) is 11.4 Å². The fraction of sp³-hybridized carbons (Fsp3) is 0.132. The van der Waals surface area contributed by atoms with Crippen molar-refractivity contribution in [2.24, 2.45) is 0 Å². The average Bonchev–Trinajstić information content (AvgIpc) is 0.882. The van der Waals surface area contributed by atoms with Crippen molar-refractivity contribution >= 4 is 80.3 Å². The topological polar surface area (TPSA) is 24.9 Å². The monoisotopic (exact) mass is 1060 g/mol. The van der Waals surface area contributed by atoms with Gasteiger partial charge < -0.3 is 19.3 Å². The van der Waals surface area contributed by atoms with E-state index in [1.807, 2.05) is 0 Å². The molecular weight excluding hydrogens is 994 g/mol. The van der Waals surface area contributed by atoms with Crippen LogP contribution in [0, 0.1) is 27.7 Å². The van der Waals surface area contributed by atoms with Crippen LogP contribution in [0.3, 0.4) is 0 Å². The largest absolute Gasteiger partial charge is 0.456 e. The van der Waals surface area contributed by atoms with Gasteiger partial charge in [-0.25, -0.2) is 0 Å². The summed E-state index contributed by atoms with van der Waals surface area (Å²) in [5, 5.41) is 0. The first kappa shape index (κ1) is 49.8. The number of ether oxygens (including phenoxy) is 2. The summed E-state index contributed by atoms with van der Waals surface area (Å²) in [5.41, 5.74) is 30.4. The van der Waals surface area contributed by atoms with E-state index in [4.69, 9.17) is 9.47 Å². The quantitative estimate of drug-likeness (QED) is 0.127. The van der Waals surface area contributed by atoms with E-state index in [-0.39, 0.29) is 13.4 Å².